The molecule has 1 unspecified atom stereocenters. The standard InChI is InChI=1S/C26H25FN4O/c1-17-22-15-19(10-13-25(22)30(2)29-17)26(32)31-14-4-5-20(16-31)24-7-3-6-23(28-24)18-8-11-21(27)12-9-18/h3,6-13,15,20H,4-5,14,16H2,1-2H3. The van der Waals surface area contributed by atoms with E-state index in [2.05, 4.69) is 5.10 Å². The summed E-state index contributed by atoms with van der Waals surface area (Å²) < 4.78 is 15.1. The van der Waals surface area contributed by atoms with E-state index in [1.807, 2.05) is 60.0 Å². The highest BCUT2D eigenvalue weighted by atomic mass is 19.1. The third kappa shape index (κ3) is 3.77. The molecule has 1 atom stereocenters. The van der Waals surface area contributed by atoms with Crippen molar-refractivity contribution in [3.63, 3.8) is 0 Å². The number of amides is 1. The summed E-state index contributed by atoms with van der Waals surface area (Å²) in [7, 11) is 1.92. The van der Waals surface area contributed by atoms with E-state index < -0.39 is 0 Å². The molecular formula is C26H25FN4O. The number of hydrogen-bond donors (Lipinski definition) is 0. The number of carbonyl (C=O) groups excluding carboxylic acids is 1. The molecular weight excluding hydrogens is 403 g/mol. The maximum Gasteiger partial charge on any atom is 0.253 e. The highest BCUT2D eigenvalue weighted by Gasteiger charge is 2.27. The lowest BCUT2D eigenvalue weighted by atomic mass is 9.93. The Labute approximate surface area is 186 Å². The minimum Gasteiger partial charge on any atom is -0.338 e. The maximum absolute atomic E-state index is 13.3. The topological polar surface area (TPSA) is 51.0 Å². The Bertz CT molecular complexity index is 1300. The van der Waals surface area contributed by atoms with E-state index in [1.165, 1.54) is 12.1 Å². The SMILES string of the molecule is Cc1nn(C)c2ccc(C(=O)N3CCCC(c4cccc(-c5ccc(F)cc5)n4)C3)cc12. The summed E-state index contributed by atoms with van der Waals surface area (Å²) in [5.74, 6) is -0.0301. The molecule has 1 saturated heterocycles. The van der Waals surface area contributed by atoms with Gasteiger partial charge in [0, 0.05) is 48.3 Å². The van der Waals surface area contributed by atoms with E-state index in [-0.39, 0.29) is 17.6 Å². The fourth-order valence-electron chi connectivity index (χ4n) is 4.62. The van der Waals surface area contributed by atoms with E-state index >= 15 is 0 Å². The number of piperidine rings is 1. The molecule has 2 aromatic carbocycles. The van der Waals surface area contributed by atoms with Gasteiger partial charge < -0.3 is 4.90 Å². The van der Waals surface area contributed by atoms with Crippen LogP contribution in [0.1, 0.15) is 40.5 Å². The molecule has 1 fully saturated rings. The lowest BCUT2D eigenvalue weighted by molar-refractivity contribution is 0.0706. The fraction of sp³-hybridized carbons (Fsp3) is 0.269. The molecule has 1 amide bonds. The van der Waals surface area contributed by atoms with E-state index in [9.17, 15) is 9.18 Å². The third-order valence-corrected chi connectivity index (χ3v) is 6.32. The quantitative estimate of drug-likeness (QED) is 0.456. The first kappa shape index (κ1) is 20.4. The van der Waals surface area contributed by atoms with Crippen LogP contribution in [0.3, 0.4) is 0 Å². The molecule has 6 heteroatoms. The zero-order valence-corrected chi connectivity index (χ0v) is 18.3. The van der Waals surface area contributed by atoms with E-state index in [1.54, 1.807) is 12.1 Å². The van der Waals surface area contributed by atoms with Gasteiger partial charge in [-0.15, -0.1) is 0 Å². The van der Waals surface area contributed by atoms with Gasteiger partial charge in [-0.25, -0.2) is 4.39 Å². The minimum atomic E-state index is -0.258. The Hall–Kier alpha value is -3.54. The minimum absolute atomic E-state index is 0.0505. The highest BCUT2D eigenvalue weighted by molar-refractivity contribution is 5.98. The van der Waals surface area contributed by atoms with Crippen LogP contribution in [0.4, 0.5) is 4.39 Å². The molecule has 5 rings (SSSR count). The summed E-state index contributed by atoms with van der Waals surface area (Å²) in [4.78, 5) is 20.1. The van der Waals surface area contributed by atoms with E-state index in [0.717, 1.165) is 52.9 Å². The average Bonchev–Trinajstić information content (AvgIpc) is 3.12. The van der Waals surface area contributed by atoms with Crippen molar-refractivity contribution in [2.75, 3.05) is 13.1 Å². The second-order valence-corrected chi connectivity index (χ2v) is 8.49. The van der Waals surface area contributed by atoms with Crippen LogP contribution in [0.15, 0.2) is 60.7 Å². The molecule has 2 aromatic heterocycles. The highest BCUT2D eigenvalue weighted by Crippen LogP contribution is 2.29. The molecule has 0 spiro atoms. The molecule has 1 aliphatic rings. The predicted octanol–water partition coefficient (Wildman–Crippen LogP) is 5.10. The number of likely N-dealkylation sites (tertiary alicyclic amines) is 1. The molecule has 0 radical (unpaired) electrons. The summed E-state index contributed by atoms with van der Waals surface area (Å²) in [6, 6.07) is 18.2. The van der Waals surface area contributed by atoms with Gasteiger partial charge in [0.2, 0.25) is 0 Å². The molecule has 32 heavy (non-hydrogen) atoms. The molecule has 3 heterocycles. The number of rotatable bonds is 3. The van der Waals surface area contributed by atoms with Crippen LogP contribution in [0.25, 0.3) is 22.2 Å². The van der Waals surface area contributed by atoms with Crippen molar-refractivity contribution in [2.24, 2.45) is 7.05 Å². The number of carbonyl (C=O) groups is 1. The van der Waals surface area contributed by atoms with Gasteiger partial charge in [0.25, 0.3) is 5.91 Å². The summed E-state index contributed by atoms with van der Waals surface area (Å²) in [6.07, 6.45) is 1.93. The van der Waals surface area contributed by atoms with E-state index in [4.69, 9.17) is 4.98 Å². The molecule has 4 aromatic rings. The number of benzene rings is 2. The second-order valence-electron chi connectivity index (χ2n) is 8.49. The first-order valence-electron chi connectivity index (χ1n) is 10.9. The third-order valence-electron chi connectivity index (χ3n) is 6.32. The van der Waals surface area contributed by atoms with Crippen LogP contribution in [0, 0.1) is 12.7 Å². The van der Waals surface area contributed by atoms with Crippen LogP contribution in [-0.2, 0) is 7.05 Å². The summed E-state index contributed by atoms with van der Waals surface area (Å²) in [6.45, 7) is 3.35. The molecule has 162 valence electrons. The number of fused-ring (bicyclic) bond motifs is 1. The smallest absolute Gasteiger partial charge is 0.253 e. The van der Waals surface area contributed by atoms with E-state index in [0.29, 0.717) is 12.1 Å². The van der Waals surface area contributed by atoms with Crippen LogP contribution >= 0.6 is 0 Å². The molecule has 0 bridgehead atoms. The lowest BCUT2D eigenvalue weighted by Gasteiger charge is -2.32. The number of nitrogens with zero attached hydrogens (tertiary/aromatic N) is 4. The molecule has 0 N–H and O–H groups in total. The second kappa shape index (κ2) is 8.19. The van der Waals surface area contributed by atoms with Gasteiger partial charge in [-0.1, -0.05) is 6.07 Å². The Kier molecular flexibility index (Phi) is 5.21. The van der Waals surface area contributed by atoms with Crippen LogP contribution in [0.2, 0.25) is 0 Å². The van der Waals surface area contributed by atoms with Crippen molar-refractivity contribution in [1.29, 1.82) is 0 Å². The normalized spacial score (nSPS) is 16.5. The first-order chi connectivity index (χ1) is 15.5. The zero-order chi connectivity index (χ0) is 22.2. The van der Waals surface area contributed by atoms with Crippen molar-refractivity contribution in [1.82, 2.24) is 19.7 Å². The number of aromatic nitrogens is 3. The fourth-order valence-corrected chi connectivity index (χ4v) is 4.62. The summed E-state index contributed by atoms with van der Waals surface area (Å²) in [5.41, 5.74) is 5.33. The van der Waals surface area contributed by atoms with Crippen LogP contribution < -0.4 is 0 Å². The number of halogens is 1. The maximum atomic E-state index is 13.3. The monoisotopic (exact) mass is 428 g/mol. The van der Waals surface area contributed by atoms with Gasteiger partial charge in [0.05, 0.1) is 16.9 Å². The molecule has 5 nitrogen and oxygen atoms in total. The van der Waals surface area contributed by atoms with Crippen LogP contribution in [-0.4, -0.2) is 38.7 Å². The van der Waals surface area contributed by atoms with Gasteiger partial charge in [-0.05, 0) is 74.4 Å². The van der Waals surface area contributed by atoms with Gasteiger partial charge in [0.1, 0.15) is 5.82 Å². The van der Waals surface area contributed by atoms with Crippen LogP contribution in [0.5, 0.6) is 0 Å². The summed E-state index contributed by atoms with van der Waals surface area (Å²) in [5, 5.41) is 5.47. The van der Waals surface area contributed by atoms with Crippen molar-refractivity contribution in [2.45, 2.75) is 25.7 Å². The first-order valence-corrected chi connectivity index (χ1v) is 10.9. The molecule has 0 saturated carbocycles. The Morgan fingerprint density at radius 1 is 1.09 bits per heavy atom. The number of hydrogen-bond acceptors (Lipinski definition) is 3. The van der Waals surface area contributed by atoms with Crippen molar-refractivity contribution in [3.05, 3.63) is 83.4 Å². The number of pyridine rings is 1. The van der Waals surface area contributed by atoms with Gasteiger partial charge in [0.15, 0.2) is 0 Å². The predicted molar refractivity (Wildman–Crippen MR) is 123 cm³/mol. The average molecular weight is 429 g/mol. The Balaban J connectivity index is 1.38. The van der Waals surface area contributed by atoms with Crippen molar-refractivity contribution in [3.8, 4) is 11.3 Å². The van der Waals surface area contributed by atoms with Gasteiger partial charge >= 0.3 is 0 Å². The van der Waals surface area contributed by atoms with Gasteiger partial charge in [-0.2, -0.15) is 5.10 Å². The number of aryl methyl sites for hydroxylation is 2. The van der Waals surface area contributed by atoms with Crippen molar-refractivity contribution >= 4 is 16.8 Å². The van der Waals surface area contributed by atoms with Gasteiger partial charge in [-0.3, -0.25) is 14.5 Å². The van der Waals surface area contributed by atoms with Crippen molar-refractivity contribution < 1.29 is 9.18 Å². The Morgan fingerprint density at radius 2 is 1.91 bits per heavy atom. The molecule has 0 aliphatic carbocycles. The largest absolute Gasteiger partial charge is 0.338 e. The zero-order valence-electron chi connectivity index (χ0n) is 18.3. The molecule has 1 aliphatic heterocycles. The Morgan fingerprint density at radius 3 is 2.72 bits per heavy atom. The summed E-state index contributed by atoms with van der Waals surface area (Å²) >= 11 is 0. The lowest BCUT2D eigenvalue weighted by Crippen LogP contribution is -2.39.